The highest BCUT2D eigenvalue weighted by atomic mass is 35.5. The fourth-order valence-electron chi connectivity index (χ4n) is 3.14. The molecule has 2 aliphatic carbocycles. The molecule has 0 atom stereocenters. The summed E-state index contributed by atoms with van der Waals surface area (Å²) in [7, 11) is -3.05. The smallest absolute Gasteiger partial charge is 0.211 e. The predicted octanol–water partition coefficient (Wildman–Crippen LogP) is 2.83. The Morgan fingerprint density at radius 1 is 0.857 bits per heavy atom. The fraction of sp³-hybridized carbons (Fsp3) is 1.00. The van der Waals surface area contributed by atoms with Crippen molar-refractivity contribution in [3.05, 3.63) is 0 Å². The molecule has 0 unspecified atom stereocenters. The van der Waals surface area contributed by atoms with Crippen LogP contribution >= 0.6 is 12.4 Å². The molecule has 4 nitrogen and oxygen atoms in total. The standard InChI is InChI=1S/C15H30N2O2S.ClH/c18-20(19,13-10-14-6-5-7-14)17-12-11-16-15-8-3-1-2-4-9-15;/h14-17H,1-13H2;1H. The maximum absolute atomic E-state index is 11.8. The third kappa shape index (κ3) is 7.82. The molecule has 0 heterocycles. The monoisotopic (exact) mass is 338 g/mol. The van der Waals surface area contributed by atoms with Crippen LogP contribution in [0, 0.1) is 5.92 Å². The van der Waals surface area contributed by atoms with Gasteiger partial charge in [-0.25, -0.2) is 13.1 Å². The number of halogens is 1. The molecule has 2 rings (SSSR count). The van der Waals surface area contributed by atoms with E-state index in [9.17, 15) is 8.42 Å². The number of rotatable bonds is 8. The number of hydrogen-bond donors (Lipinski definition) is 2. The Morgan fingerprint density at radius 2 is 1.52 bits per heavy atom. The molecule has 0 aliphatic heterocycles. The summed E-state index contributed by atoms with van der Waals surface area (Å²) in [5.74, 6) is 0.969. The molecule has 0 aromatic carbocycles. The van der Waals surface area contributed by atoms with Crippen LogP contribution in [0.2, 0.25) is 0 Å². The van der Waals surface area contributed by atoms with Gasteiger partial charge in [0.05, 0.1) is 5.75 Å². The highest BCUT2D eigenvalue weighted by molar-refractivity contribution is 7.89. The van der Waals surface area contributed by atoms with Gasteiger partial charge in [-0.3, -0.25) is 0 Å². The van der Waals surface area contributed by atoms with Crippen molar-refractivity contribution in [2.24, 2.45) is 5.92 Å². The van der Waals surface area contributed by atoms with Gasteiger partial charge in [-0.2, -0.15) is 0 Å². The van der Waals surface area contributed by atoms with E-state index in [4.69, 9.17) is 0 Å². The van der Waals surface area contributed by atoms with Crippen molar-refractivity contribution in [2.75, 3.05) is 18.8 Å². The molecule has 2 N–H and O–H groups in total. The molecule has 0 amide bonds. The van der Waals surface area contributed by atoms with Crippen LogP contribution in [0.25, 0.3) is 0 Å². The molecule has 2 saturated carbocycles. The second-order valence-electron chi connectivity index (χ2n) is 6.44. The van der Waals surface area contributed by atoms with Crippen molar-refractivity contribution in [2.45, 2.75) is 70.3 Å². The van der Waals surface area contributed by atoms with E-state index in [1.54, 1.807) is 0 Å². The zero-order chi connectivity index (χ0) is 14.3. The maximum Gasteiger partial charge on any atom is 0.211 e. The molecule has 0 saturated heterocycles. The third-order valence-electron chi connectivity index (χ3n) is 4.75. The summed E-state index contributed by atoms with van der Waals surface area (Å²) in [5, 5.41) is 3.49. The predicted molar refractivity (Wildman–Crippen MR) is 90.5 cm³/mol. The van der Waals surface area contributed by atoms with Crippen molar-refractivity contribution in [1.82, 2.24) is 10.0 Å². The minimum atomic E-state index is -3.05. The molecule has 0 aromatic heterocycles. The van der Waals surface area contributed by atoms with Gasteiger partial charge in [0.25, 0.3) is 0 Å². The number of nitrogens with one attached hydrogen (secondary N) is 2. The molecule has 0 aromatic rings. The van der Waals surface area contributed by atoms with Crippen LogP contribution in [0.1, 0.15) is 64.2 Å². The van der Waals surface area contributed by atoms with Gasteiger partial charge in [-0.15, -0.1) is 12.4 Å². The molecule has 6 heteroatoms. The summed E-state index contributed by atoms with van der Waals surface area (Å²) in [5.41, 5.74) is 0. The first-order valence-electron chi connectivity index (χ1n) is 8.36. The molecule has 126 valence electrons. The van der Waals surface area contributed by atoms with Gasteiger partial charge in [0.2, 0.25) is 10.0 Å². The van der Waals surface area contributed by atoms with Crippen LogP contribution in [0.3, 0.4) is 0 Å². The summed E-state index contributed by atoms with van der Waals surface area (Å²) in [4.78, 5) is 0. The zero-order valence-corrected chi connectivity index (χ0v) is 14.6. The molecule has 2 aliphatic rings. The van der Waals surface area contributed by atoms with Gasteiger partial charge in [-0.1, -0.05) is 44.9 Å². The summed E-state index contributed by atoms with van der Waals surface area (Å²) < 4.78 is 26.4. The van der Waals surface area contributed by atoms with E-state index in [2.05, 4.69) is 10.0 Å². The Kier molecular flexibility index (Phi) is 9.18. The van der Waals surface area contributed by atoms with Gasteiger partial charge in [0, 0.05) is 19.1 Å². The SMILES string of the molecule is Cl.O=S(=O)(CCC1CCC1)NCCNC1CCCCCC1. The Labute approximate surface area is 136 Å². The maximum atomic E-state index is 11.8. The van der Waals surface area contributed by atoms with Crippen LogP contribution in [0.4, 0.5) is 0 Å². The van der Waals surface area contributed by atoms with E-state index >= 15 is 0 Å². The first-order chi connectivity index (χ1) is 9.66. The molecule has 0 radical (unpaired) electrons. The van der Waals surface area contributed by atoms with Crippen molar-refractivity contribution in [3.8, 4) is 0 Å². The van der Waals surface area contributed by atoms with Gasteiger partial charge in [0.1, 0.15) is 0 Å². The minimum Gasteiger partial charge on any atom is -0.313 e. The third-order valence-corrected chi connectivity index (χ3v) is 6.17. The Morgan fingerprint density at radius 3 is 2.10 bits per heavy atom. The highest BCUT2D eigenvalue weighted by Gasteiger charge is 2.20. The Bertz CT molecular complexity index is 364. The van der Waals surface area contributed by atoms with Crippen LogP contribution in [-0.2, 0) is 10.0 Å². The molecule has 21 heavy (non-hydrogen) atoms. The molecular formula is C15H31ClN2O2S. The Balaban J connectivity index is 0.00000220. The van der Waals surface area contributed by atoms with Crippen molar-refractivity contribution < 1.29 is 8.42 Å². The van der Waals surface area contributed by atoms with Crippen molar-refractivity contribution in [3.63, 3.8) is 0 Å². The van der Waals surface area contributed by atoms with Gasteiger partial charge in [0.15, 0.2) is 0 Å². The second-order valence-corrected chi connectivity index (χ2v) is 8.37. The minimum absolute atomic E-state index is 0. The van der Waals surface area contributed by atoms with Crippen LogP contribution in [0.5, 0.6) is 0 Å². The second kappa shape index (κ2) is 10.0. The van der Waals surface area contributed by atoms with Crippen LogP contribution in [-0.4, -0.2) is 33.3 Å². The molecule has 0 spiro atoms. The van der Waals surface area contributed by atoms with E-state index in [0.29, 0.717) is 24.3 Å². The average Bonchev–Trinajstić information content (AvgIpc) is 2.61. The normalized spacial score (nSPS) is 21.3. The summed E-state index contributed by atoms with van der Waals surface area (Å²) in [6, 6.07) is 0.594. The molecule has 2 fully saturated rings. The van der Waals surface area contributed by atoms with E-state index in [1.165, 1.54) is 57.8 Å². The van der Waals surface area contributed by atoms with Crippen molar-refractivity contribution in [1.29, 1.82) is 0 Å². The van der Waals surface area contributed by atoms with Crippen molar-refractivity contribution >= 4 is 22.4 Å². The van der Waals surface area contributed by atoms with Crippen LogP contribution < -0.4 is 10.0 Å². The average molecular weight is 339 g/mol. The largest absolute Gasteiger partial charge is 0.313 e. The van der Waals surface area contributed by atoms with E-state index in [-0.39, 0.29) is 12.4 Å². The topological polar surface area (TPSA) is 58.2 Å². The van der Waals surface area contributed by atoms with Gasteiger partial charge < -0.3 is 5.32 Å². The highest BCUT2D eigenvalue weighted by Crippen LogP contribution is 2.29. The van der Waals surface area contributed by atoms with E-state index in [1.807, 2.05) is 0 Å². The zero-order valence-electron chi connectivity index (χ0n) is 13.0. The fourth-order valence-corrected chi connectivity index (χ4v) is 4.34. The lowest BCUT2D eigenvalue weighted by molar-refractivity contribution is 0.307. The van der Waals surface area contributed by atoms with E-state index in [0.717, 1.165) is 13.0 Å². The molecular weight excluding hydrogens is 308 g/mol. The summed E-state index contributed by atoms with van der Waals surface area (Å²) in [6.07, 6.45) is 12.4. The lowest BCUT2D eigenvalue weighted by atomic mass is 9.84. The Hall–Kier alpha value is 0.160. The first kappa shape index (κ1) is 19.2. The lowest BCUT2D eigenvalue weighted by Gasteiger charge is -2.25. The summed E-state index contributed by atoms with van der Waals surface area (Å²) >= 11 is 0. The van der Waals surface area contributed by atoms with Gasteiger partial charge in [-0.05, 0) is 25.2 Å². The van der Waals surface area contributed by atoms with Crippen LogP contribution in [0.15, 0.2) is 0 Å². The number of hydrogen-bond acceptors (Lipinski definition) is 3. The summed E-state index contributed by atoms with van der Waals surface area (Å²) in [6.45, 7) is 1.29. The lowest BCUT2D eigenvalue weighted by Crippen LogP contribution is -2.38. The van der Waals surface area contributed by atoms with Gasteiger partial charge >= 0.3 is 0 Å². The molecule has 0 bridgehead atoms. The number of sulfonamides is 1. The quantitative estimate of drug-likeness (QED) is 0.528. The first-order valence-corrected chi connectivity index (χ1v) is 10.0. The van der Waals surface area contributed by atoms with E-state index < -0.39 is 10.0 Å².